The minimum Gasteiger partial charge on any atom is -0.493 e. The van der Waals surface area contributed by atoms with Gasteiger partial charge in [0.15, 0.2) is 0 Å². The molecular formula is C15H21NO2. The summed E-state index contributed by atoms with van der Waals surface area (Å²) in [4.78, 5) is 0. The zero-order valence-corrected chi connectivity index (χ0v) is 10.7. The zero-order chi connectivity index (χ0) is 12.4. The number of benzene rings is 1. The van der Waals surface area contributed by atoms with Gasteiger partial charge in [0.1, 0.15) is 5.75 Å². The number of ether oxygens (including phenoxy) is 1. The van der Waals surface area contributed by atoms with Gasteiger partial charge in [-0.15, -0.1) is 0 Å². The normalized spacial score (nSPS) is 26.7. The van der Waals surface area contributed by atoms with Crippen molar-refractivity contribution in [3.05, 3.63) is 29.3 Å². The van der Waals surface area contributed by atoms with Gasteiger partial charge in [-0.3, -0.25) is 0 Å². The smallest absolute Gasteiger partial charge is 0.122 e. The van der Waals surface area contributed by atoms with Gasteiger partial charge in [0.25, 0.3) is 0 Å². The van der Waals surface area contributed by atoms with Crippen LogP contribution in [0.1, 0.15) is 36.8 Å². The Hall–Kier alpha value is -1.06. The fraction of sp³-hybridized carbons (Fsp3) is 0.600. The van der Waals surface area contributed by atoms with Gasteiger partial charge in [-0.05, 0) is 30.0 Å². The molecule has 2 N–H and O–H groups in total. The van der Waals surface area contributed by atoms with Crippen LogP contribution in [0.4, 0.5) is 0 Å². The van der Waals surface area contributed by atoms with Crippen molar-refractivity contribution in [1.82, 2.24) is 5.32 Å². The molecule has 3 nitrogen and oxygen atoms in total. The first-order valence-electron chi connectivity index (χ1n) is 6.99. The minimum atomic E-state index is -0.170. The van der Waals surface area contributed by atoms with E-state index in [2.05, 4.69) is 23.5 Å². The minimum absolute atomic E-state index is 0.170. The van der Waals surface area contributed by atoms with Gasteiger partial charge >= 0.3 is 0 Å². The molecule has 1 aliphatic carbocycles. The third-order valence-electron chi connectivity index (χ3n) is 4.05. The van der Waals surface area contributed by atoms with Crippen molar-refractivity contribution >= 4 is 0 Å². The van der Waals surface area contributed by atoms with Crippen LogP contribution in [-0.2, 0) is 13.0 Å². The number of hydrogen-bond acceptors (Lipinski definition) is 3. The number of nitrogens with one attached hydrogen (secondary N) is 1. The number of fused-ring (bicyclic) bond motifs is 1. The average molecular weight is 247 g/mol. The van der Waals surface area contributed by atoms with E-state index in [1.807, 2.05) is 0 Å². The third kappa shape index (κ3) is 2.52. The van der Waals surface area contributed by atoms with Gasteiger partial charge in [0.2, 0.25) is 0 Å². The molecule has 0 radical (unpaired) electrons. The van der Waals surface area contributed by atoms with Crippen molar-refractivity contribution < 1.29 is 9.84 Å². The summed E-state index contributed by atoms with van der Waals surface area (Å²) >= 11 is 0. The first-order chi connectivity index (χ1) is 8.83. The van der Waals surface area contributed by atoms with Crippen LogP contribution >= 0.6 is 0 Å². The van der Waals surface area contributed by atoms with E-state index in [0.717, 1.165) is 44.6 Å². The predicted molar refractivity (Wildman–Crippen MR) is 70.7 cm³/mol. The first kappa shape index (κ1) is 12.0. The standard InChI is InChI=1S/C15H21NO2/c17-14-4-2-1-3-13(14)16-10-11-5-6-15-12(9-11)7-8-18-15/h5-6,9,13-14,16-17H,1-4,7-8,10H2/t13-,14-/m0/s1. The van der Waals surface area contributed by atoms with E-state index in [1.54, 1.807) is 0 Å². The van der Waals surface area contributed by atoms with Crippen LogP contribution < -0.4 is 10.1 Å². The van der Waals surface area contributed by atoms with Crippen molar-refractivity contribution in [3.63, 3.8) is 0 Å². The maximum atomic E-state index is 9.92. The molecule has 0 saturated heterocycles. The second-order valence-electron chi connectivity index (χ2n) is 5.38. The van der Waals surface area contributed by atoms with Crippen LogP contribution in [0.2, 0.25) is 0 Å². The molecule has 0 spiro atoms. The van der Waals surface area contributed by atoms with Crippen LogP contribution in [-0.4, -0.2) is 23.9 Å². The molecule has 1 saturated carbocycles. The summed E-state index contributed by atoms with van der Waals surface area (Å²) in [7, 11) is 0. The molecule has 98 valence electrons. The molecule has 0 unspecified atom stereocenters. The lowest BCUT2D eigenvalue weighted by atomic mass is 9.92. The topological polar surface area (TPSA) is 41.5 Å². The molecule has 2 aliphatic rings. The summed E-state index contributed by atoms with van der Waals surface area (Å²) in [5.41, 5.74) is 2.61. The lowest BCUT2D eigenvalue weighted by Crippen LogP contribution is -2.41. The summed E-state index contributed by atoms with van der Waals surface area (Å²) in [5.74, 6) is 1.04. The molecule has 1 fully saturated rings. The Bertz CT molecular complexity index is 419. The lowest BCUT2D eigenvalue weighted by Gasteiger charge is -2.28. The third-order valence-corrected chi connectivity index (χ3v) is 4.05. The highest BCUT2D eigenvalue weighted by Gasteiger charge is 2.22. The summed E-state index contributed by atoms with van der Waals surface area (Å²) in [6.07, 6.45) is 5.28. The molecule has 1 aromatic carbocycles. The Labute approximate surface area is 108 Å². The number of aliphatic hydroxyl groups is 1. The van der Waals surface area contributed by atoms with Crippen molar-refractivity contribution in [1.29, 1.82) is 0 Å². The maximum absolute atomic E-state index is 9.92. The number of aliphatic hydroxyl groups excluding tert-OH is 1. The van der Waals surface area contributed by atoms with E-state index < -0.39 is 0 Å². The Kier molecular flexibility index (Phi) is 3.52. The van der Waals surface area contributed by atoms with Crippen LogP contribution in [0.5, 0.6) is 5.75 Å². The van der Waals surface area contributed by atoms with Crippen LogP contribution in [0.15, 0.2) is 18.2 Å². The van der Waals surface area contributed by atoms with E-state index in [9.17, 15) is 5.11 Å². The molecule has 1 aromatic rings. The molecule has 0 bridgehead atoms. The summed E-state index contributed by atoms with van der Waals surface area (Å²) in [5, 5.41) is 13.4. The van der Waals surface area contributed by atoms with E-state index in [0.29, 0.717) is 0 Å². The van der Waals surface area contributed by atoms with Crippen LogP contribution in [0, 0.1) is 0 Å². The molecular weight excluding hydrogens is 226 g/mol. The monoisotopic (exact) mass is 247 g/mol. The molecule has 0 aromatic heterocycles. The second-order valence-corrected chi connectivity index (χ2v) is 5.38. The predicted octanol–water partition coefficient (Wildman–Crippen LogP) is 2.01. The quantitative estimate of drug-likeness (QED) is 0.858. The van der Waals surface area contributed by atoms with Crippen molar-refractivity contribution in [2.75, 3.05) is 6.61 Å². The number of rotatable bonds is 3. The van der Waals surface area contributed by atoms with E-state index >= 15 is 0 Å². The Morgan fingerprint density at radius 3 is 3.06 bits per heavy atom. The van der Waals surface area contributed by atoms with Crippen LogP contribution in [0.25, 0.3) is 0 Å². The van der Waals surface area contributed by atoms with Gasteiger partial charge in [-0.1, -0.05) is 25.0 Å². The molecule has 1 heterocycles. The Morgan fingerprint density at radius 1 is 1.28 bits per heavy atom. The maximum Gasteiger partial charge on any atom is 0.122 e. The van der Waals surface area contributed by atoms with Gasteiger partial charge in [0.05, 0.1) is 12.7 Å². The molecule has 3 heteroatoms. The van der Waals surface area contributed by atoms with Crippen molar-refractivity contribution in [2.24, 2.45) is 0 Å². The Balaban J connectivity index is 1.59. The molecule has 0 amide bonds. The van der Waals surface area contributed by atoms with Gasteiger partial charge in [-0.25, -0.2) is 0 Å². The van der Waals surface area contributed by atoms with E-state index in [4.69, 9.17) is 4.74 Å². The van der Waals surface area contributed by atoms with Gasteiger partial charge in [-0.2, -0.15) is 0 Å². The summed E-state index contributed by atoms with van der Waals surface area (Å²) < 4.78 is 5.50. The summed E-state index contributed by atoms with van der Waals surface area (Å²) in [6.45, 7) is 1.66. The van der Waals surface area contributed by atoms with Gasteiger partial charge in [0, 0.05) is 19.0 Å². The summed E-state index contributed by atoms with van der Waals surface area (Å²) in [6, 6.07) is 6.68. The highest BCUT2D eigenvalue weighted by Crippen LogP contribution is 2.26. The van der Waals surface area contributed by atoms with Crippen LogP contribution in [0.3, 0.4) is 0 Å². The zero-order valence-electron chi connectivity index (χ0n) is 10.7. The second kappa shape index (κ2) is 5.29. The lowest BCUT2D eigenvalue weighted by molar-refractivity contribution is 0.0902. The highest BCUT2D eigenvalue weighted by molar-refractivity contribution is 5.39. The first-order valence-corrected chi connectivity index (χ1v) is 6.99. The van der Waals surface area contributed by atoms with E-state index in [1.165, 1.54) is 17.5 Å². The fourth-order valence-electron chi connectivity index (χ4n) is 2.95. The fourth-order valence-corrected chi connectivity index (χ4v) is 2.95. The highest BCUT2D eigenvalue weighted by atomic mass is 16.5. The molecule has 3 rings (SSSR count). The van der Waals surface area contributed by atoms with Crippen molar-refractivity contribution in [2.45, 2.75) is 50.8 Å². The number of hydrogen-bond donors (Lipinski definition) is 2. The Morgan fingerprint density at radius 2 is 2.17 bits per heavy atom. The van der Waals surface area contributed by atoms with Crippen molar-refractivity contribution in [3.8, 4) is 5.75 Å². The molecule has 18 heavy (non-hydrogen) atoms. The molecule has 2 atom stereocenters. The average Bonchev–Trinajstić information content (AvgIpc) is 2.85. The SMILES string of the molecule is O[C@H]1CCCC[C@@H]1NCc1ccc2c(c1)CCO2. The largest absolute Gasteiger partial charge is 0.493 e. The van der Waals surface area contributed by atoms with Gasteiger partial charge < -0.3 is 15.2 Å². The van der Waals surface area contributed by atoms with E-state index in [-0.39, 0.29) is 12.1 Å². The molecule has 1 aliphatic heterocycles.